The Morgan fingerprint density at radius 1 is 1.40 bits per heavy atom. The first kappa shape index (κ1) is 14.4. The standard InChI is InChI=1S/C15H16N2O2S/c1-11-17-14(10-20-11)6-7-15(19)16-8-12-4-2-3-5-13(12)9-18/h2-7,10,18H,8-9H2,1H3,(H,16,19)/b7-6+. The van der Waals surface area contributed by atoms with E-state index in [9.17, 15) is 9.90 Å². The molecule has 0 fully saturated rings. The van der Waals surface area contributed by atoms with Crippen LogP contribution in [0.25, 0.3) is 6.08 Å². The number of amides is 1. The molecule has 0 aliphatic heterocycles. The lowest BCUT2D eigenvalue weighted by molar-refractivity contribution is -0.116. The zero-order valence-electron chi connectivity index (χ0n) is 11.2. The summed E-state index contributed by atoms with van der Waals surface area (Å²) in [5.74, 6) is -0.177. The fourth-order valence-electron chi connectivity index (χ4n) is 1.74. The molecule has 2 rings (SSSR count). The number of rotatable bonds is 5. The lowest BCUT2D eigenvalue weighted by Gasteiger charge is -2.07. The van der Waals surface area contributed by atoms with Gasteiger partial charge in [-0.05, 0) is 24.1 Å². The predicted molar refractivity (Wildman–Crippen MR) is 80.1 cm³/mol. The molecule has 104 valence electrons. The SMILES string of the molecule is Cc1nc(/C=C/C(=O)NCc2ccccc2CO)cs1. The quantitative estimate of drug-likeness (QED) is 0.830. The summed E-state index contributed by atoms with van der Waals surface area (Å²) >= 11 is 1.55. The Morgan fingerprint density at radius 3 is 2.80 bits per heavy atom. The van der Waals surface area contributed by atoms with Crippen LogP contribution < -0.4 is 5.32 Å². The van der Waals surface area contributed by atoms with E-state index < -0.39 is 0 Å². The molecule has 0 unspecified atom stereocenters. The van der Waals surface area contributed by atoms with Crippen LogP contribution in [0.5, 0.6) is 0 Å². The number of aliphatic hydroxyl groups excluding tert-OH is 1. The van der Waals surface area contributed by atoms with Gasteiger partial charge in [0.05, 0.1) is 17.3 Å². The summed E-state index contributed by atoms with van der Waals surface area (Å²) in [6, 6.07) is 7.48. The van der Waals surface area contributed by atoms with E-state index in [1.165, 1.54) is 6.08 Å². The Labute approximate surface area is 121 Å². The molecule has 0 radical (unpaired) electrons. The van der Waals surface area contributed by atoms with Crippen molar-refractivity contribution in [2.24, 2.45) is 0 Å². The number of hydrogen-bond acceptors (Lipinski definition) is 4. The number of hydrogen-bond donors (Lipinski definition) is 2. The maximum absolute atomic E-state index is 11.7. The molecule has 1 amide bonds. The molecule has 0 saturated carbocycles. The highest BCUT2D eigenvalue weighted by atomic mass is 32.1. The summed E-state index contributed by atoms with van der Waals surface area (Å²) in [6.07, 6.45) is 3.16. The molecule has 0 aliphatic rings. The number of aliphatic hydroxyl groups is 1. The smallest absolute Gasteiger partial charge is 0.244 e. The van der Waals surface area contributed by atoms with Crippen molar-refractivity contribution in [3.8, 4) is 0 Å². The molecular formula is C15H16N2O2S. The number of nitrogens with one attached hydrogen (secondary N) is 1. The second-order valence-electron chi connectivity index (χ2n) is 4.27. The lowest BCUT2D eigenvalue weighted by Crippen LogP contribution is -2.21. The van der Waals surface area contributed by atoms with Crippen LogP contribution in [0.4, 0.5) is 0 Å². The normalized spacial score (nSPS) is 10.9. The van der Waals surface area contributed by atoms with Crippen LogP contribution in [-0.4, -0.2) is 16.0 Å². The summed E-state index contributed by atoms with van der Waals surface area (Å²) in [5.41, 5.74) is 2.53. The minimum atomic E-state index is -0.177. The Balaban J connectivity index is 1.90. The van der Waals surface area contributed by atoms with Gasteiger partial charge >= 0.3 is 0 Å². The largest absolute Gasteiger partial charge is 0.392 e. The van der Waals surface area contributed by atoms with Gasteiger partial charge < -0.3 is 10.4 Å². The van der Waals surface area contributed by atoms with Crippen LogP contribution in [0, 0.1) is 6.92 Å². The molecule has 0 saturated heterocycles. The number of nitrogens with zero attached hydrogens (tertiary/aromatic N) is 1. The molecule has 1 aromatic heterocycles. The van der Waals surface area contributed by atoms with Gasteiger partial charge in [-0.25, -0.2) is 4.98 Å². The van der Waals surface area contributed by atoms with Crippen LogP contribution in [0.2, 0.25) is 0 Å². The van der Waals surface area contributed by atoms with Crippen LogP contribution in [-0.2, 0) is 17.9 Å². The molecule has 1 heterocycles. The highest BCUT2D eigenvalue weighted by Crippen LogP contribution is 2.10. The van der Waals surface area contributed by atoms with E-state index in [0.717, 1.165) is 21.8 Å². The highest BCUT2D eigenvalue weighted by molar-refractivity contribution is 7.09. The minimum absolute atomic E-state index is 0.0278. The molecule has 2 N–H and O–H groups in total. The molecule has 2 aromatic rings. The number of carbonyl (C=O) groups is 1. The monoisotopic (exact) mass is 288 g/mol. The predicted octanol–water partition coefficient (Wildman–Crippen LogP) is 2.27. The summed E-state index contributed by atoms with van der Waals surface area (Å²) in [7, 11) is 0. The van der Waals surface area contributed by atoms with Crippen LogP contribution in [0.15, 0.2) is 35.7 Å². The van der Waals surface area contributed by atoms with Crippen LogP contribution in [0.3, 0.4) is 0 Å². The molecular weight excluding hydrogens is 272 g/mol. The molecule has 20 heavy (non-hydrogen) atoms. The van der Waals surface area contributed by atoms with Crippen molar-refractivity contribution in [3.63, 3.8) is 0 Å². The Hall–Kier alpha value is -1.98. The zero-order valence-corrected chi connectivity index (χ0v) is 12.0. The van der Waals surface area contributed by atoms with E-state index >= 15 is 0 Å². The first-order valence-electron chi connectivity index (χ1n) is 6.24. The van der Waals surface area contributed by atoms with Crippen molar-refractivity contribution in [1.82, 2.24) is 10.3 Å². The van der Waals surface area contributed by atoms with Gasteiger partial charge in [0.2, 0.25) is 5.91 Å². The lowest BCUT2D eigenvalue weighted by atomic mass is 10.1. The highest BCUT2D eigenvalue weighted by Gasteiger charge is 2.02. The third-order valence-corrected chi connectivity index (χ3v) is 3.58. The van der Waals surface area contributed by atoms with E-state index in [2.05, 4.69) is 10.3 Å². The third kappa shape index (κ3) is 4.01. The topological polar surface area (TPSA) is 62.2 Å². The van der Waals surface area contributed by atoms with Crippen molar-refractivity contribution < 1.29 is 9.90 Å². The second kappa shape index (κ2) is 6.98. The molecule has 5 heteroatoms. The summed E-state index contributed by atoms with van der Waals surface area (Å²) < 4.78 is 0. The number of carbonyl (C=O) groups excluding carboxylic acids is 1. The second-order valence-corrected chi connectivity index (χ2v) is 5.33. The Bertz CT molecular complexity index is 620. The molecule has 0 aliphatic carbocycles. The first-order chi connectivity index (χ1) is 9.69. The van der Waals surface area contributed by atoms with E-state index in [1.807, 2.05) is 36.6 Å². The fourth-order valence-corrected chi connectivity index (χ4v) is 2.32. The van der Waals surface area contributed by atoms with Crippen molar-refractivity contribution in [2.45, 2.75) is 20.1 Å². The van der Waals surface area contributed by atoms with E-state index in [-0.39, 0.29) is 12.5 Å². The van der Waals surface area contributed by atoms with Crippen molar-refractivity contribution in [1.29, 1.82) is 0 Å². The van der Waals surface area contributed by atoms with E-state index in [4.69, 9.17) is 0 Å². The molecule has 0 bridgehead atoms. The minimum Gasteiger partial charge on any atom is -0.392 e. The maximum atomic E-state index is 11.7. The van der Waals surface area contributed by atoms with Crippen LogP contribution >= 0.6 is 11.3 Å². The van der Waals surface area contributed by atoms with Gasteiger partial charge in [0.1, 0.15) is 0 Å². The molecule has 0 atom stereocenters. The van der Waals surface area contributed by atoms with Gasteiger partial charge in [0, 0.05) is 18.0 Å². The molecule has 1 aromatic carbocycles. The van der Waals surface area contributed by atoms with E-state index in [1.54, 1.807) is 17.4 Å². The maximum Gasteiger partial charge on any atom is 0.244 e. The number of thiazole rings is 1. The number of benzene rings is 1. The van der Waals surface area contributed by atoms with Gasteiger partial charge in [0.15, 0.2) is 0 Å². The average molecular weight is 288 g/mol. The summed E-state index contributed by atoms with van der Waals surface area (Å²) in [6.45, 7) is 2.30. The Morgan fingerprint density at radius 2 is 2.15 bits per heavy atom. The van der Waals surface area contributed by atoms with Gasteiger partial charge in [-0.15, -0.1) is 11.3 Å². The molecule has 0 spiro atoms. The first-order valence-corrected chi connectivity index (χ1v) is 7.12. The van der Waals surface area contributed by atoms with Gasteiger partial charge in [-0.2, -0.15) is 0 Å². The summed E-state index contributed by atoms with van der Waals surface area (Å²) in [5, 5.41) is 14.9. The Kier molecular flexibility index (Phi) is 5.03. The van der Waals surface area contributed by atoms with Crippen molar-refractivity contribution in [2.75, 3.05) is 0 Å². The fraction of sp³-hybridized carbons (Fsp3) is 0.200. The van der Waals surface area contributed by atoms with Crippen molar-refractivity contribution >= 4 is 23.3 Å². The van der Waals surface area contributed by atoms with Crippen LogP contribution in [0.1, 0.15) is 21.8 Å². The summed E-state index contributed by atoms with van der Waals surface area (Å²) in [4.78, 5) is 16.0. The average Bonchev–Trinajstić information content (AvgIpc) is 2.89. The van der Waals surface area contributed by atoms with E-state index in [0.29, 0.717) is 6.54 Å². The van der Waals surface area contributed by atoms with Gasteiger partial charge in [-0.1, -0.05) is 24.3 Å². The van der Waals surface area contributed by atoms with Gasteiger partial charge in [0.25, 0.3) is 0 Å². The number of aromatic nitrogens is 1. The van der Waals surface area contributed by atoms with Gasteiger partial charge in [-0.3, -0.25) is 4.79 Å². The number of aryl methyl sites for hydroxylation is 1. The zero-order chi connectivity index (χ0) is 14.4. The molecule has 4 nitrogen and oxygen atoms in total. The third-order valence-electron chi connectivity index (χ3n) is 2.78. The van der Waals surface area contributed by atoms with Crippen molar-refractivity contribution in [3.05, 3.63) is 57.6 Å².